The van der Waals surface area contributed by atoms with Crippen LogP contribution in [-0.4, -0.2) is 23.7 Å². The summed E-state index contributed by atoms with van der Waals surface area (Å²) in [6, 6.07) is 3.32. The molecule has 0 spiro atoms. The Morgan fingerprint density at radius 1 is 1.61 bits per heavy atom. The van der Waals surface area contributed by atoms with E-state index in [4.69, 9.17) is 5.26 Å². The standard InChI is InChI=1S/C13H18N2O2S/c1-13(2,3)6-10(8-16)15-12(17)11-9(7-14)4-5-18-11/h4-5,10,16H,6,8H2,1-3H3,(H,15,17). The fourth-order valence-corrected chi connectivity index (χ4v) is 2.47. The third-order valence-electron chi connectivity index (χ3n) is 2.41. The number of rotatable bonds is 4. The molecule has 1 rings (SSSR count). The van der Waals surface area contributed by atoms with Crippen molar-refractivity contribution in [3.63, 3.8) is 0 Å². The van der Waals surface area contributed by atoms with Crippen molar-refractivity contribution in [2.24, 2.45) is 5.41 Å². The number of nitrogens with one attached hydrogen (secondary N) is 1. The first-order valence-electron chi connectivity index (χ1n) is 5.76. The van der Waals surface area contributed by atoms with E-state index >= 15 is 0 Å². The largest absolute Gasteiger partial charge is 0.394 e. The molecule has 0 saturated carbocycles. The van der Waals surface area contributed by atoms with Gasteiger partial charge in [-0.15, -0.1) is 11.3 Å². The SMILES string of the molecule is CC(C)(C)CC(CO)NC(=O)c1sccc1C#N. The molecule has 1 unspecified atom stereocenters. The van der Waals surface area contributed by atoms with E-state index in [1.807, 2.05) is 26.8 Å². The lowest BCUT2D eigenvalue weighted by atomic mass is 9.88. The first-order chi connectivity index (χ1) is 8.37. The summed E-state index contributed by atoms with van der Waals surface area (Å²) in [4.78, 5) is 12.4. The van der Waals surface area contributed by atoms with Crippen LogP contribution in [-0.2, 0) is 0 Å². The van der Waals surface area contributed by atoms with Gasteiger partial charge in [0, 0.05) is 0 Å². The van der Waals surface area contributed by atoms with Crippen LogP contribution >= 0.6 is 11.3 Å². The fourth-order valence-electron chi connectivity index (χ4n) is 1.72. The lowest BCUT2D eigenvalue weighted by molar-refractivity contribution is 0.0901. The molecule has 0 aromatic carbocycles. The third-order valence-corrected chi connectivity index (χ3v) is 3.32. The van der Waals surface area contributed by atoms with E-state index in [-0.39, 0.29) is 24.0 Å². The van der Waals surface area contributed by atoms with Gasteiger partial charge in [-0.1, -0.05) is 20.8 Å². The third kappa shape index (κ3) is 4.13. The quantitative estimate of drug-likeness (QED) is 0.877. The number of nitrogens with zero attached hydrogens (tertiary/aromatic N) is 1. The minimum absolute atomic E-state index is 0.0220. The van der Waals surface area contributed by atoms with Gasteiger partial charge >= 0.3 is 0 Å². The van der Waals surface area contributed by atoms with E-state index in [1.54, 1.807) is 11.4 Å². The van der Waals surface area contributed by atoms with Gasteiger partial charge in [-0.3, -0.25) is 4.79 Å². The number of carbonyl (C=O) groups is 1. The molecule has 1 aromatic heterocycles. The maximum absolute atomic E-state index is 12.0. The van der Waals surface area contributed by atoms with Crippen molar-refractivity contribution in [2.45, 2.75) is 33.2 Å². The van der Waals surface area contributed by atoms with Gasteiger partial charge in [0.15, 0.2) is 0 Å². The molecule has 0 saturated heterocycles. The summed E-state index contributed by atoms with van der Waals surface area (Å²) in [6.45, 7) is 6.05. The van der Waals surface area contributed by atoms with Crippen molar-refractivity contribution in [1.29, 1.82) is 5.26 Å². The highest BCUT2D eigenvalue weighted by Crippen LogP contribution is 2.21. The molecule has 98 valence electrons. The molecule has 0 fully saturated rings. The predicted octanol–water partition coefficient (Wildman–Crippen LogP) is 2.15. The van der Waals surface area contributed by atoms with Crippen LogP contribution in [0.25, 0.3) is 0 Å². The average Bonchev–Trinajstić information content (AvgIpc) is 2.74. The first kappa shape index (κ1) is 14.7. The van der Waals surface area contributed by atoms with Gasteiger partial charge in [-0.05, 0) is 23.3 Å². The van der Waals surface area contributed by atoms with E-state index in [0.29, 0.717) is 16.9 Å². The highest BCUT2D eigenvalue weighted by atomic mass is 32.1. The molecule has 0 aliphatic carbocycles. The Bertz CT molecular complexity index is 454. The van der Waals surface area contributed by atoms with Crippen LogP contribution in [0.1, 0.15) is 42.4 Å². The number of hydrogen-bond acceptors (Lipinski definition) is 4. The Morgan fingerprint density at radius 2 is 2.28 bits per heavy atom. The molecule has 1 heterocycles. The van der Waals surface area contributed by atoms with Gasteiger partial charge in [-0.2, -0.15) is 5.26 Å². The predicted molar refractivity (Wildman–Crippen MR) is 71.4 cm³/mol. The van der Waals surface area contributed by atoms with Crippen LogP contribution in [0.3, 0.4) is 0 Å². The van der Waals surface area contributed by atoms with Gasteiger partial charge in [0.25, 0.3) is 5.91 Å². The normalized spacial score (nSPS) is 12.8. The summed E-state index contributed by atoms with van der Waals surface area (Å²) >= 11 is 1.24. The molecular formula is C13H18N2O2S. The van der Waals surface area contributed by atoms with Crippen molar-refractivity contribution in [2.75, 3.05) is 6.61 Å². The van der Waals surface area contributed by atoms with Crippen LogP contribution in [0.15, 0.2) is 11.4 Å². The smallest absolute Gasteiger partial charge is 0.263 e. The molecule has 0 aliphatic rings. The van der Waals surface area contributed by atoms with Gasteiger partial charge in [0.2, 0.25) is 0 Å². The first-order valence-corrected chi connectivity index (χ1v) is 6.64. The van der Waals surface area contributed by atoms with Crippen LogP contribution in [0.4, 0.5) is 0 Å². The van der Waals surface area contributed by atoms with Crippen LogP contribution in [0, 0.1) is 16.7 Å². The number of aliphatic hydroxyl groups is 1. The molecular weight excluding hydrogens is 248 g/mol. The molecule has 1 atom stereocenters. The number of carbonyl (C=O) groups excluding carboxylic acids is 1. The highest BCUT2D eigenvalue weighted by molar-refractivity contribution is 7.12. The van der Waals surface area contributed by atoms with E-state index in [1.165, 1.54) is 11.3 Å². The topological polar surface area (TPSA) is 73.1 Å². The molecule has 0 radical (unpaired) electrons. The lowest BCUT2D eigenvalue weighted by Crippen LogP contribution is -2.39. The molecule has 1 amide bonds. The monoisotopic (exact) mass is 266 g/mol. The second kappa shape index (κ2) is 5.98. The van der Waals surface area contributed by atoms with Gasteiger partial charge in [0.1, 0.15) is 10.9 Å². The molecule has 18 heavy (non-hydrogen) atoms. The number of aliphatic hydroxyl groups excluding tert-OH is 1. The molecule has 4 nitrogen and oxygen atoms in total. The van der Waals surface area contributed by atoms with Crippen LogP contribution in [0.5, 0.6) is 0 Å². The zero-order valence-corrected chi connectivity index (χ0v) is 11.7. The van der Waals surface area contributed by atoms with Crippen LogP contribution < -0.4 is 5.32 Å². The molecule has 1 aromatic rings. The van der Waals surface area contributed by atoms with E-state index in [9.17, 15) is 9.90 Å². The Morgan fingerprint density at radius 3 is 2.78 bits per heavy atom. The lowest BCUT2D eigenvalue weighted by Gasteiger charge is -2.25. The number of hydrogen-bond donors (Lipinski definition) is 2. The second-order valence-electron chi connectivity index (χ2n) is 5.39. The summed E-state index contributed by atoms with van der Waals surface area (Å²) < 4.78 is 0. The van der Waals surface area contributed by atoms with Gasteiger partial charge in [-0.25, -0.2) is 0 Å². The average molecular weight is 266 g/mol. The van der Waals surface area contributed by atoms with Crippen molar-refractivity contribution < 1.29 is 9.90 Å². The molecule has 5 heteroatoms. The second-order valence-corrected chi connectivity index (χ2v) is 6.31. The Labute approximate surface area is 111 Å². The zero-order chi connectivity index (χ0) is 13.8. The molecule has 0 aliphatic heterocycles. The van der Waals surface area contributed by atoms with E-state index in [0.717, 1.165) is 0 Å². The Balaban J connectivity index is 2.72. The number of amides is 1. The minimum Gasteiger partial charge on any atom is -0.394 e. The Hall–Kier alpha value is -1.38. The fraction of sp³-hybridized carbons (Fsp3) is 0.538. The molecule has 0 bridgehead atoms. The van der Waals surface area contributed by atoms with E-state index < -0.39 is 0 Å². The van der Waals surface area contributed by atoms with Crippen molar-refractivity contribution in [3.8, 4) is 6.07 Å². The van der Waals surface area contributed by atoms with Gasteiger partial charge < -0.3 is 10.4 Å². The maximum Gasteiger partial charge on any atom is 0.263 e. The number of nitriles is 1. The number of thiophene rings is 1. The summed E-state index contributed by atoms with van der Waals surface area (Å²) in [5, 5.41) is 22.6. The molecule has 2 N–H and O–H groups in total. The maximum atomic E-state index is 12.0. The van der Waals surface area contributed by atoms with E-state index in [2.05, 4.69) is 5.32 Å². The minimum atomic E-state index is -0.287. The summed E-state index contributed by atoms with van der Waals surface area (Å²) in [5.41, 5.74) is 0.402. The summed E-state index contributed by atoms with van der Waals surface area (Å²) in [6.07, 6.45) is 0.683. The van der Waals surface area contributed by atoms with Crippen LogP contribution in [0.2, 0.25) is 0 Å². The highest BCUT2D eigenvalue weighted by Gasteiger charge is 2.22. The zero-order valence-electron chi connectivity index (χ0n) is 10.9. The van der Waals surface area contributed by atoms with Crippen molar-refractivity contribution in [3.05, 3.63) is 21.9 Å². The Kier molecular flexibility index (Phi) is 4.88. The van der Waals surface area contributed by atoms with Crippen molar-refractivity contribution >= 4 is 17.2 Å². The van der Waals surface area contributed by atoms with Crippen molar-refractivity contribution in [1.82, 2.24) is 5.32 Å². The summed E-state index contributed by atoms with van der Waals surface area (Å²) in [7, 11) is 0. The summed E-state index contributed by atoms with van der Waals surface area (Å²) in [5.74, 6) is -0.287. The van der Waals surface area contributed by atoms with Gasteiger partial charge in [0.05, 0.1) is 18.2 Å².